The maximum atomic E-state index is 6.47. The van der Waals surface area contributed by atoms with Crippen molar-refractivity contribution in [3.63, 3.8) is 0 Å². The van der Waals surface area contributed by atoms with Gasteiger partial charge in [-0.3, -0.25) is 4.98 Å². The Bertz CT molecular complexity index is 967. The van der Waals surface area contributed by atoms with Crippen molar-refractivity contribution < 1.29 is 9.47 Å². The number of hydrogen-bond donors (Lipinski definition) is 0. The molecule has 152 valence electrons. The molecule has 1 saturated heterocycles. The molecular weight excluding hydrogens is 434 g/mol. The predicted octanol–water partition coefficient (Wildman–Crippen LogP) is 3.99. The zero-order chi connectivity index (χ0) is 19.6. The van der Waals surface area contributed by atoms with Crippen molar-refractivity contribution in [2.24, 2.45) is 0 Å². The fourth-order valence-corrected chi connectivity index (χ4v) is 4.54. The lowest BCUT2D eigenvalue weighted by Crippen LogP contribution is -2.36. The molecule has 7 nitrogen and oxygen atoms in total. The molecule has 0 N–H and O–H groups in total. The Morgan fingerprint density at radius 3 is 2.69 bits per heavy atom. The summed E-state index contributed by atoms with van der Waals surface area (Å²) in [6, 6.07) is 4.61. The molecular formula is C21H24BrN5O2. The lowest BCUT2D eigenvalue weighted by molar-refractivity contribution is 0.121. The molecule has 5 rings (SSSR count). The lowest BCUT2D eigenvalue weighted by Gasteiger charge is -2.31. The van der Waals surface area contributed by atoms with E-state index < -0.39 is 0 Å². The topological polar surface area (TPSA) is 65.3 Å². The Hall–Kier alpha value is -2.19. The fourth-order valence-electron chi connectivity index (χ4n) is 4.20. The van der Waals surface area contributed by atoms with Gasteiger partial charge < -0.3 is 18.9 Å². The molecule has 1 aliphatic heterocycles. The molecule has 0 atom stereocenters. The van der Waals surface area contributed by atoms with Gasteiger partial charge in [-0.15, -0.1) is 0 Å². The highest BCUT2D eigenvalue weighted by molar-refractivity contribution is 9.10. The third-order valence-electron chi connectivity index (χ3n) is 5.80. The average molecular weight is 458 g/mol. The number of aromatic nitrogens is 4. The zero-order valence-corrected chi connectivity index (χ0v) is 17.8. The molecule has 1 saturated carbocycles. The van der Waals surface area contributed by atoms with E-state index in [1.807, 2.05) is 24.8 Å². The Morgan fingerprint density at radius 1 is 1.10 bits per heavy atom. The summed E-state index contributed by atoms with van der Waals surface area (Å²) in [7, 11) is 0. The third-order valence-corrected chi connectivity index (χ3v) is 6.23. The van der Waals surface area contributed by atoms with Crippen LogP contribution in [0.25, 0.3) is 10.9 Å². The molecule has 2 aliphatic rings. The number of fused-ring (bicyclic) bond motifs is 1. The van der Waals surface area contributed by atoms with Gasteiger partial charge in [0.1, 0.15) is 11.9 Å². The van der Waals surface area contributed by atoms with E-state index in [1.165, 1.54) is 0 Å². The van der Waals surface area contributed by atoms with Crippen molar-refractivity contribution in [2.75, 3.05) is 31.2 Å². The lowest BCUT2D eigenvalue weighted by atomic mass is 9.93. The summed E-state index contributed by atoms with van der Waals surface area (Å²) in [5.74, 6) is 1.60. The Labute approximate surface area is 178 Å². The second kappa shape index (κ2) is 8.28. The van der Waals surface area contributed by atoms with Crippen molar-refractivity contribution in [3.8, 4) is 5.88 Å². The van der Waals surface area contributed by atoms with Gasteiger partial charge in [-0.1, -0.05) is 0 Å². The summed E-state index contributed by atoms with van der Waals surface area (Å²) < 4.78 is 15.1. The van der Waals surface area contributed by atoms with Gasteiger partial charge in [-0.25, -0.2) is 4.98 Å². The van der Waals surface area contributed by atoms with E-state index in [4.69, 9.17) is 14.5 Å². The van der Waals surface area contributed by atoms with Gasteiger partial charge in [-0.05, 0) is 47.7 Å². The summed E-state index contributed by atoms with van der Waals surface area (Å²) in [5, 5.41) is 0.952. The van der Waals surface area contributed by atoms with Crippen LogP contribution in [0.3, 0.4) is 0 Å². The smallest absolute Gasteiger partial charge is 0.225 e. The first-order chi connectivity index (χ1) is 14.3. The van der Waals surface area contributed by atoms with Crippen LogP contribution in [0.4, 0.5) is 5.82 Å². The second-order valence-electron chi connectivity index (χ2n) is 7.66. The summed E-state index contributed by atoms with van der Waals surface area (Å²) in [5.41, 5.74) is 0.909. The highest BCUT2D eigenvalue weighted by Crippen LogP contribution is 2.34. The first kappa shape index (κ1) is 18.8. The quantitative estimate of drug-likeness (QED) is 0.589. The number of nitrogens with zero attached hydrogens (tertiary/aromatic N) is 5. The van der Waals surface area contributed by atoms with E-state index in [-0.39, 0.29) is 6.10 Å². The molecule has 0 radical (unpaired) electrons. The number of pyridine rings is 2. The minimum absolute atomic E-state index is 0.171. The van der Waals surface area contributed by atoms with Crippen LogP contribution < -0.4 is 9.64 Å². The van der Waals surface area contributed by atoms with Crippen LogP contribution >= 0.6 is 15.9 Å². The molecule has 3 aromatic rings. The van der Waals surface area contributed by atoms with Crippen LogP contribution in [0.5, 0.6) is 5.88 Å². The highest BCUT2D eigenvalue weighted by Gasteiger charge is 2.25. The minimum Gasteiger partial charge on any atom is -0.474 e. The largest absolute Gasteiger partial charge is 0.474 e. The first-order valence-electron chi connectivity index (χ1n) is 10.2. The number of imidazole rings is 1. The standard InChI is InChI=1S/C21H24BrN5O2/c22-15-11-18-19(24-13-15)12-20(26-7-9-28-10-8-26)25-21(18)29-17-3-1-16(2-4-17)27-6-5-23-14-27/h5-6,11-14,16-17H,1-4,7-10H2. The Kier molecular flexibility index (Phi) is 5.37. The van der Waals surface area contributed by atoms with E-state index in [0.29, 0.717) is 11.9 Å². The molecule has 29 heavy (non-hydrogen) atoms. The number of halogens is 1. The maximum Gasteiger partial charge on any atom is 0.225 e. The number of rotatable bonds is 4. The SMILES string of the molecule is Brc1cnc2cc(N3CCOCC3)nc(OC3CCC(n4ccnc4)CC3)c2c1. The first-order valence-corrected chi connectivity index (χ1v) is 11.0. The van der Waals surface area contributed by atoms with Crippen molar-refractivity contribution in [1.29, 1.82) is 0 Å². The second-order valence-corrected chi connectivity index (χ2v) is 8.58. The Balaban J connectivity index is 1.38. The third kappa shape index (κ3) is 4.09. The molecule has 3 aromatic heterocycles. The number of ether oxygens (including phenoxy) is 2. The van der Waals surface area contributed by atoms with Gasteiger partial charge in [-0.2, -0.15) is 4.98 Å². The fraction of sp³-hybridized carbons (Fsp3) is 0.476. The van der Waals surface area contributed by atoms with E-state index in [9.17, 15) is 0 Å². The van der Waals surface area contributed by atoms with Crippen LogP contribution in [0, 0.1) is 0 Å². The molecule has 0 bridgehead atoms. The molecule has 0 aromatic carbocycles. The molecule has 2 fully saturated rings. The Morgan fingerprint density at radius 2 is 1.93 bits per heavy atom. The predicted molar refractivity (Wildman–Crippen MR) is 114 cm³/mol. The van der Waals surface area contributed by atoms with Crippen LogP contribution in [0.2, 0.25) is 0 Å². The van der Waals surface area contributed by atoms with Gasteiger partial charge >= 0.3 is 0 Å². The molecule has 1 aliphatic carbocycles. The van der Waals surface area contributed by atoms with E-state index in [1.54, 1.807) is 0 Å². The minimum atomic E-state index is 0.171. The maximum absolute atomic E-state index is 6.47. The summed E-state index contributed by atoms with van der Waals surface area (Å²) in [4.78, 5) is 15.9. The van der Waals surface area contributed by atoms with Gasteiger partial charge in [0.15, 0.2) is 0 Å². The van der Waals surface area contributed by atoms with Gasteiger partial charge in [0.2, 0.25) is 5.88 Å². The normalized spacial score (nSPS) is 22.7. The molecule has 0 unspecified atom stereocenters. The van der Waals surface area contributed by atoms with Crippen molar-refractivity contribution in [1.82, 2.24) is 19.5 Å². The summed E-state index contributed by atoms with van der Waals surface area (Å²) in [6.07, 6.45) is 12.0. The van der Waals surface area contributed by atoms with Crippen molar-refractivity contribution in [2.45, 2.75) is 37.8 Å². The van der Waals surface area contributed by atoms with Crippen molar-refractivity contribution in [3.05, 3.63) is 41.5 Å². The van der Waals surface area contributed by atoms with Crippen LogP contribution in [-0.2, 0) is 4.74 Å². The molecule has 8 heteroatoms. The van der Waals surface area contributed by atoms with Gasteiger partial charge in [0.05, 0.1) is 30.4 Å². The van der Waals surface area contributed by atoms with Gasteiger partial charge in [0, 0.05) is 48.3 Å². The van der Waals surface area contributed by atoms with Crippen LogP contribution in [0.15, 0.2) is 41.5 Å². The average Bonchev–Trinajstić information content (AvgIpc) is 3.30. The number of morpholine rings is 1. The molecule has 0 spiro atoms. The van der Waals surface area contributed by atoms with Crippen LogP contribution in [-0.4, -0.2) is 51.9 Å². The summed E-state index contributed by atoms with van der Waals surface area (Å²) in [6.45, 7) is 3.12. The van der Waals surface area contributed by atoms with Gasteiger partial charge in [0.25, 0.3) is 0 Å². The highest BCUT2D eigenvalue weighted by atomic mass is 79.9. The monoisotopic (exact) mass is 457 g/mol. The summed E-state index contributed by atoms with van der Waals surface area (Å²) >= 11 is 3.54. The van der Waals surface area contributed by atoms with Crippen molar-refractivity contribution >= 4 is 32.7 Å². The van der Waals surface area contributed by atoms with Crippen LogP contribution in [0.1, 0.15) is 31.7 Å². The number of hydrogen-bond acceptors (Lipinski definition) is 6. The van der Waals surface area contributed by atoms with E-state index in [2.05, 4.69) is 47.6 Å². The zero-order valence-electron chi connectivity index (χ0n) is 16.2. The molecule has 0 amide bonds. The molecule has 4 heterocycles. The van der Waals surface area contributed by atoms with E-state index in [0.717, 1.165) is 73.2 Å². The van der Waals surface area contributed by atoms with E-state index >= 15 is 0 Å². The number of anilines is 1.